The Kier molecular flexibility index (Phi) is 2.28. The summed E-state index contributed by atoms with van der Waals surface area (Å²) in [5.74, 6) is -0.0366. The van der Waals surface area contributed by atoms with Crippen LogP contribution in [0.15, 0.2) is 0 Å². The molecule has 1 radical (unpaired) electrons. The fourth-order valence-electron chi connectivity index (χ4n) is 1.48. The molecule has 0 bridgehead atoms. The van der Waals surface area contributed by atoms with Crippen molar-refractivity contribution in [3.05, 3.63) is 6.42 Å². The fourth-order valence-corrected chi connectivity index (χ4v) is 1.48. The van der Waals surface area contributed by atoms with Gasteiger partial charge in [0.05, 0.1) is 25.7 Å². The molecule has 1 unspecified atom stereocenters. The Morgan fingerprint density at radius 1 is 1.67 bits per heavy atom. The van der Waals surface area contributed by atoms with Gasteiger partial charge in [-0.25, -0.2) is 5.06 Å². The molecule has 0 aromatic heterocycles. The first-order chi connectivity index (χ1) is 5.86. The molecule has 67 valence electrons. The predicted molar refractivity (Wildman–Crippen MR) is 40.9 cm³/mol. The molecule has 1 amide bonds. The van der Waals surface area contributed by atoms with Crippen LogP contribution in [0.25, 0.3) is 0 Å². The van der Waals surface area contributed by atoms with Crippen LogP contribution in [0.2, 0.25) is 0 Å². The zero-order valence-electron chi connectivity index (χ0n) is 6.86. The summed E-state index contributed by atoms with van der Waals surface area (Å²) in [7, 11) is 0. The average Bonchev–Trinajstić information content (AvgIpc) is 2.65. The van der Waals surface area contributed by atoms with Crippen LogP contribution in [-0.2, 0) is 14.4 Å². The topological polar surface area (TPSA) is 38.8 Å². The molecule has 2 saturated heterocycles. The number of carbonyl (C=O) groups excluding carboxylic acids is 1. The summed E-state index contributed by atoms with van der Waals surface area (Å²) in [5.41, 5.74) is 0. The molecule has 2 fully saturated rings. The molecule has 0 aromatic rings. The van der Waals surface area contributed by atoms with Gasteiger partial charge >= 0.3 is 0 Å². The third-order valence-corrected chi connectivity index (χ3v) is 2.13. The molecule has 0 saturated carbocycles. The number of ether oxygens (including phenoxy) is 1. The average molecular weight is 170 g/mol. The van der Waals surface area contributed by atoms with E-state index in [0.717, 1.165) is 19.4 Å². The van der Waals surface area contributed by atoms with Gasteiger partial charge in [0.2, 0.25) is 0 Å². The lowest BCUT2D eigenvalue weighted by molar-refractivity contribution is -0.168. The number of hydrogen-bond acceptors (Lipinski definition) is 3. The quantitative estimate of drug-likeness (QED) is 0.592. The number of rotatable bonds is 2. The zero-order chi connectivity index (χ0) is 8.39. The van der Waals surface area contributed by atoms with E-state index in [0.29, 0.717) is 13.2 Å². The molecule has 0 N–H and O–H groups in total. The van der Waals surface area contributed by atoms with E-state index in [1.807, 2.05) is 0 Å². The first-order valence-corrected chi connectivity index (χ1v) is 4.25. The Morgan fingerprint density at radius 3 is 3.17 bits per heavy atom. The number of carbonyl (C=O) groups is 1. The van der Waals surface area contributed by atoms with Gasteiger partial charge in [0.25, 0.3) is 5.91 Å². The van der Waals surface area contributed by atoms with Gasteiger partial charge in [0, 0.05) is 6.61 Å². The third kappa shape index (κ3) is 1.59. The van der Waals surface area contributed by atoms with Crippen molar-refractivity contribution in [2.24, 2.45) is 0 Å². The Morgan fingerprint density at radius 2 is 2.58 bits per heavy atom. The Hall–Kier alpha value is -0.610. The second-order valence-electron chi connectivity index (χ2n) is 3.03. The molecule has 4 nitrogen and oxygen atoms in total. The number of nitrogens with zero attached hydrogens (tertiary/aromatic N) is 1. The minimum absolute atomic E-state index is 0.0366. The fraction of sp³-hybridized carbons (Fsp3) is 0.750. The molecule has 2 heterocycles. The molecule has 0 spiro atoms. The minimum Gasteiger partial charge on any atom is -0.376 e. The lowest BCUT2D eigenvalue weighted by Gasteiger charge is -2.17. The standard InChI is InChI=1S/C8H12NO3/c10-8-3-5-12-9(8)6-7-2-1-4-11-7/h3,7H,1-2,4-6H2. The van der Waals surface area contributed by atoms with Crippen LogP contribution in [0.1, 0.15) is 12.8 Å². The van der Waals surface area contributed by atoms with Crippen molar-refractivity contribution in [2.45, 2.75) is 18.9 Å². The largest absolute Gasteiger partial charge is 0.376 e. The molecule has 1 atom stereocenters. The SMILES string of the molecule is O=C1[CH]CON1CC1CCCO1. The summed E-state index contributed by atoms with van der Waals surface area (Å²) in [5, 5.41) is 1.38. The van der Waals surface area contributed by atoms with E-state index < -0.39 is 0 Å². The zero-order valence-corrected chi connectivity index (χ0v) is 6.86. The van der Waals surface area contributed by atoms with Crippen molar-refractivity contribution in [3.63, 3.8) is 0 Å². The van der Waals surface area contributed by atoms with Gasteiger partial charge in [-0.2, -0.15) is 0 Å². The normalized spacial score (nSPS) is 30.2. The second-order valence-corrected chi connectivity index (χ2v) is 3.03. The molecular weight excluding hydrogens is 158 g/mol. The van der Waals surface area contributed by atoms with E-state index in [-0.39, 0.29) is 12.0 Å². The number of amides is 1. The van der Waals surface area contributed by atoms with Crippen LogP contribution < -0.4 is 0 Å². The summed E-state index contributed by atoms with van der Waals surface area (Å²) in [6.45, 7) is 1.80. The van der Waals surface area contributed by atoms with Gasteiger partial charge in [-0.05, 0) is 12.8 Å². The van der Waals surface area contributed by atoms with Crippen LogP contribution in [0, 0.1) is 6.42 Å². The highest BCUT2D eigenvalue weighted by Gasteiger charge is 2.27. The van der Waals surface area contributed by atoms with E-state index in [2.05, 4.69) is 0 Å². The van der Waals surface area contributed by atoms with Crippen molar-refractivity contribution in [1.29, 1.82) is 0 Å². The Bertz CT molecular complexity index is 177. The number of hydrogen-bond donors (Lipinski definition) is 0. The predicted octanol–water partition coefficient (Wildman–Crippen LogP) is 0.143. The first kappa shape index (κ1) is 8.01. The summed E-state index contributed by atoms with van der Waals surface area (Å²) >= 11 is 0. The van der Waals surface area contributed by atoms with Crippen molar-refractivity contribution >= 4 is 5.91 Å². The molecule has 0 aromatic carbocycles. The summed E-state index contributed by atoms with van der Waals surface area (Å²) < 4.78 is 5.38. The van der Waals surface area contributed by atoms with Crippen LogP contribution in [0.5, 0.6) is 0 Å². The van der Waals surface area contributed by atoms with Gasteiger partial charge in [0.1, 0.15) is 0 Å². The lowest BCUT2D eigenvalue weighted by atomic mass is 10.2. The molecule has 0 aliphatic carbocycles. The van der Waals surface area contributed by atoms with Crippen molar-refractivity contribution in [1.82, 2.24) is 5.06 Å². The number of hydroxylamine groups is 2. The van der Waals surface area contributed by atoms with Crippen LogP contribution >= 0.6 is 0 Å². The first-order valence-electron chi connectivity index (χ1n) is 4.25. The van der Waals surface area contributed by atoms with Gasteiger partial charge in [0.15, 0.2) is 0 Å². The van der Waals surface area contributed by atoms with Gasteiger partial charge in [-0.1, -0.05) is 0 Å². The van der Waals surface area contributed by atoms with E-state index >= 15 is 0 Å². The molecule has 2 aliphatic rings. The Balaban J connectivity index is 1.81. The third-order valence-electron chi connectivity index (χ3n) is 2.13. The summed E-state index contributed by atoms with van der Waals surface area (Å²) in [6.07, 6.45) is 3.85. The summed E-state index contributed by atoms with van der Waals surface area (Å²) in [6, 6.07) is 0. The highest BCUT2D eigenvalue weighted by molar-refractivity contribution is 5.85. The van der Waals surface area contributed by atoms with E-state index in [1.54, 1.807) is 0 Å². The highest BCUT2D eigenvalue weighted by Crippen LogP contribution is 2.15. The monoisotopic (exact) mass is 170 g/mol. The molecule has 4 heteroatoms. The maximum Gasteiger partial charge on any atom is 0.252 e. The lowest BCUT2D eigenvalue weighted by Crippen LogP contribution is -2.32. The van der Waals surface area contributed by atoms with Crippen LogP contribution in [-0.4, -0.2) is 36.8 Å². The van der Waals surface area contributed by atoms with Crippen molar-refractivity contribution in [3.8, 4) is 0 Å². The highest BCUT2D eigenvalue weighted by atomic mass is 16.7. The van der Waals surface area contributed by atoms with Crippen molar-refractivity contribution < 1.29 is 14.4 Å². The maximum atomic E-state index is 11.1. The summed E-state index contributed by atoms with van der Waals surface area (Å²) in [4.78, 5) is 16.1. The maximum absolute atomic E-state index is 11.1. The van der Waals surface area contributed by atoms with Gasteiger partial charge < -0.3 is 4.74 Å². The van der Waals surface area contributed by atoms with Gasteiger partial charge in [-0.3, -0.25) is 9.63 Å². The molecule has 2 rings (SSSR count). The van der Waals surface area contributed by atoms with E-state index in [1.165, 1.54) is 11.5 Å². The minimum atomic E-state index is -0.0366. The van der Waals surface area contributed by atoms with E-state index in [4.69, 9.17) is 9.57 Å². The van der Waals surface area contributed by atoms with Crippen LogP contribution in [0.4, 0.5) is 0 Å². The molecule has 2 aliphatic heterocycles. The van der Waals surface area contributed by atoms with Crippen molar-refractivity contribution in [2.75, 3.05) is 19.8 Å². The molecule has 12 heavy (non-hydrogen) atoms. The second kappa shape index (κ2) is 3.41. The molecular formula is C8H12NO3. The van der Waals surface area contributed by atoms with Gasteiger partial charge in [-0.15, -0.1) is 0 Å². The Labute approximate surface area is 71.4 Å². The van der Waals surface area contributed by atoms with Crippen LogP contribution in [0.3, 0.4) is 0 Å². The smallest absolute Gasteiger partial charge is 0.252 e. The van der Waals surface area contributed by atoms with E-state index in [9.17, 15) is 4.79 Å².